The number of nitrogens with zero attached hydrogens (tertiary/aromatic N) is 1. The number of para-hydroxylation sites is 1. The first-order chi connectivity index (χ1) is 12.6. The van der Waals surface area contributed by atoms with E-state index in [2.05, 4.69) is 35.5 Å². The van der Waals surface area contributed by atoms with E-state index >= 15 is 0 Å². The second-order valence-corrected chi connectivity index (χ2v) is 8.26. The van der Waals surface area contributed by atoms with Crippen LogP contribution in [0.2, 0.25) is 0 Å². The average Bonchev–Trinajstić information content (AvgIpc) is 2.97. The Labute approximate surface area is 182 Å². The second kappa shape index (κ2) is 10.0. The number of hydrogen-bond acceptors (Lipinski definition) is 4. The number of hydrogen-bond donors (Lipinski definition) is 3. The van der Waals surface area contributed by atoms with Gasteiger partial charge in [0.15, 0.2) is 5.96 Å². The molecule has 1 aliphatic carbocycles. The Morgan fingerprint density at radius 3 is 2.74 bits per heavy atom. The molecular weight excluding hydrogens is 473 g/mol. The maximum absolute atomic E-state index is 10.8. The Bertz CT molecular complexity index is 780. The highest BCUT2D eigenvalue weighted by atomic mass is 127. The number of nitrogens with one attached hydrogen (secondary N) is 2. The van der Waals surface area contributed by atoms with Gasteiger partial charge < -0.3 is 20.2 Å². The molecule has 0 saturated heterocycles. The number of benzene rings is 1. The zero-order chi connectivity index (χ0) is 18.6. The lowest BCUT2D eigenvalue weighted by atomic mass is 9.79. The number of aliphatic imine (C=N–C) groups is 1. The van der Waals surface area contributed by atoms with Crippen LogP contribution in [-0.4, -0.2) is 40.8 Å². The van der Waals surface area contributed by atoms with E-state index in [0.717, 1.165) is 47.4 Å². The maximum Gasteiger partial charge on any atom is 0.191 e. The number of thioether (sulfide) groups is 1. The number of aryl methyl sites for hydroxylation is 1. The van der Waals surface area contributed by atoms with Gasteiger partial charge in [-0.05, 0) is 38.5 Å². The van der Waals surface area contributed by atoms with E-state index in [1.807, 2.05) is 36.9 Å². The molecule has 0 amide bonds. The average molecular weight is 503 g/mol. The summed E-state index contributed by atoms with van der Waals surface area (Å²) >= 11 is 1.84. The number of fused-ring (bicyclic) bond motifs is 1. The molecule has 27 heavy (non-hydrogen) atoms. The first-order valence-electron chi connectivity index (χ1n) is 9.40. The SMILES string of the molecule is CCNC(=NCc1oc2ccccc2c1C)NCC1(O)CCC1SCC.I. The topological polar surface area (TPSA) is 69.8 Å². The highest BCUT2D eigenvalue weighted by Gasteiger charge is 2.45. The van der Waals surface area contributed by atoms with Crippen LogP contribution in [0.3, 0.4) is 0 Å². The molecule has 2 unspecified atom stereocenters. The van der Waals surface area contributed by atoms with Crippen molar-refractivity contribution in [3.63, 3.8) is 0 Å². The van der Waals surface area contributed by atoms with Crippen LogP contribution in [-0.2, 0) is 6.54 Å². The van der Waals surface area contributed by atoms with E-state index in [4.69, 9.17) is 4.42 Å². The standard InChI is InChI=1S/C20H29N3O2S.HI/c1-4-21-19(23-13-20(24)11-10-18(20)26-5-2)22-12-17-14(3)15-8-6-7-9-16(15)25-17;/h6-9,18,24H,4-5,10-13H2,1-3H3,(H2,21,22,23);1H. The van der Waals surface area contributed by atoms with Crippen LogP contribution < -0.4 is 10.6 Å². The third kappa shape index (κ3) is 5.12. The lowest BCUT2D eigenvalue weighted by Gasteiger charge is -2.45. The molecule has 1 aliphatic rings. The first kappa shape index (κ1) is 22.4. The molecule has 0 bridgehead atoms. The molecule has 2 atom stereocenters. The summed E-state index contributed by atoms with van der Waals surface area (Å²) in [5.41, 5.74) is 1.40. The van der Waals surface area contributed by atoms with E-state index in [-0.39, 0.29) is 24.0 Å². The fraction of sp³-hybridized carbons (Fsp3) is 0.550. The lowest BCUT2D eigenvalue weighted by molar-refractivity contribution is -0.0198. The largest absolute Gasteiger partial charge is 0.459 e. The quantitative estimate of drug-likeness (QED) is 0.302. The molecule has 1 fully saturated rings. The van der Waals surface area contributed by atoms with Crippen LogP contribution in [0.1, 0.15) is 38.0 Å². The highest BCUT2D eigenvalue weighted by molar-refractivity contribution is 14.0. The number of furan rings is 1. The van der Waals surface area contributed by atoms with Gasteiger partial charge in [-0.25, -0.2) is 4.99 Å². The Morgan fingerprint density at radius 1 is 1.33 bits per heavy atom. The fourth-order valence-corrected chi connectivity index (χ4v) is 4.54. The predicted octanol–water partition coefficient (Wildman–Crippen LogP) is 4.06. The van der Waals surface area contributed by atoms with Crippen molar-refractivity contribution in [1.82, 2.24) is 10.6 Å². The summed E-state index contributed by atoms with van der Waals surface area (Å²) in [5, 5.41) is 18.8. The van der Waals surface area contributed by atoms with Crippen molar-refractivity contribution in [2.24, 2.45) is 4.99 Å². The van der Waals surface area contributed by atoms with Gasteiger partial charge in [-0.1, -0.05) is 25.1 Å². The molecule has 3 rings (SSSR count). The van der Waals surface area contributed by atoms with Crippen LogP contribution in [0.25, 0.3) is 11.0 Å². The number of aliphatic hydroxyl groups is 1. The van der Waals surface area contributed by atoms with E-state index < -0.39 is 5.60 Å². The Kier molecular flexibility index (Phi) is 8.30. The molecule has 1 saturated carbocycles. The Balaban J connectivity index is 0.00000261. The third-order valence-corrected chi connectivity index (χ3v) is 6.45. The zero-order valence-electron chi connectivity index (χ0n) is 16.2. The molecule has 5 nitrogen and oxygen atoms in total. The minimum absolute atomic E-state index is 0. The second-order valence-electron chi connectivity index (χ2n) is 6.78. The lowest BCUT2D eigenvalue weighted by Crippen LogP contribution is -2.58. The summed E-state index contributed by atoms with van der Waals surface area (Å²) < 4.78 is 5.94. The minimum Gasteiger partial charge on any atom is -0.459 e. The van der Waals surface area contributed by atoms with E-state index in [1.165, 1.54) is 0 Å². The van der Waals surface area contributed by atoms with Gasteiger partial charge in [0.2, 0.25) is 0 Å². The predicted molar refractivity (Wildman–Crippen MR) is 125 cm³/mol. The zero-order valence-corrected chi connectivity index (χ0v) is 19.4. The number of rotatable bonds is 7. The molecule has 150 valence electrons. The molecule has 1 aromatic heterocycles. The van der Waals surface area contributed by atoms with E-state index in [0.29, 0.717) is 24.3 Å². The van der Waals surface area contributed by atoms with Gasteiger partial charge in [0.05, 0.1) is 5.60 Å². The molecule has 2 aromatic rings. The van der Waals surface area contributed by atoms with Crippen molar-refractivity contribution in [1.29, 1.82) is 0 Å². The van der Waals surface area contributed by atoms with Crippen LogP contribution in [0.4, 0.5) is 0 Å². The summed E-state index contributed by atoms with van der Waals surface area (Å²) in [7, 11) is 0. The normalized spacial score (nSPS) is 22.2. The highest BCUT2D eigenvalue weighted by Crippen LogP contribution is 2.40. The van der Waals surface area contributed by atoms with Crippen LogP contribution in [0.5, 0.6) is 0 Å². The molecule has 1 heterocycles. The maximum atomic E-state index is 10.8. The summed E-state index contributed by atoms with van der Waals surface area (Å²) in [5.74, 6) is 2.63. The molecule has 3 N–H and O–H groups in total. The monoisotopic (exact) mass is 503 g/mol. The van der Waals surface area contributed by atoms with Gasteiger partial charge in [0, 0.05) is 29.3 Å². The van der Waals surface area contributed by atoms with E-state index in [9.17, 15) is 5.11 Å². The van der Waals surface area contributed by atoms with E-state index in [1.54, 1.807) is 0 Å². The van der Waals surface area contributed by atoms with Crippen molar-refractivity contribution in [3.05, 3.63) is 35.6 Å². The minimum atomic E-state index is -0.633. The molecule has 7 heteroatoms. The third-order valence-electron chi connectivity index (χ3n) is 5.04. The molecular formula is C20H30IN3O2S. The summed E-state index contributed by atoms with van der Waals surface area (Å²) in [6, 6.07) is 8.06. The van der Waals surface area contributed by atoms with Crippen LogP contribution in [0.15, 0.2) is 33.7 Å². The number of halogens is 1. The molecule has 0 aliphatic heterocycles. The van der Waals surface area contributed by atoms with Gasteiger partial charge in [-0.3, -0.25) is 0 Å². The van der Waals surface area contributed by atoms with Gasteiger partial charge in [-0.2, -0.15) is 11.8 Å². The van der Waals surface area contributed by atoms with Gasteiger partial charge in [0.25, 0.3) is 0 Å². The van der Waals surface area contributed by atoms with Crippen molar-refractivity contribution < 1.29 is 9.52 Å². The van der Waals surface area contributed by atoms with Crippen molar-refractivity contribution in [2.75, 3.05) is 18.8 Å². The smallest absolute Gasteiger partial charge is 0.191 e. The molecule has 1 aromatic carbocycles. The fourth-order valence-electron chi connectivity index (χ4n) is 3.34. The van der Waals surface area contributed by atoms with Gasteiger partial charge in [-0.15, -0.1) is 24.0 Å². The molecule has 0 radical (unpaired) electrons. The van der Waals surface area contributed by atoms with Crippen LogP contribution >= 0.6 is 35.7 Å². The van der Waals surface area contributed by atoms with Crippen molar-refractivity contribution >= 4 is 52.7 Å². The summed E-state index contributed by atoms with van der Waals surface area (Å²) in [6.07, 6.45) is 1.93. The number of guanidine groups is 1. The van der Waals surface area contributed by atoms with Crippen molar-refractivity contribution in [3.8, 4) is 0 Å². The van der Waals surface area contributed by atoms with Gasteiger partial charge in [0.1, 0.15) is 17.9 Å². The molecule has 0 spiro atoms. The van der Waals surface area contributed by atoms with Gasteiger partial charge >= 0.3 is 0 Å². The first-order valence-corrected chi connectivity index (χ1v) is 10.5. The Morgan fingerprint density at radius 2 is 2.11 bits per heavy atom. The van der Waals surface area contributed by atoms with Crippen LogP contribution in [0, 0.1) is 6.92 Å². The van der Waals surface area contributed by atoms with Crippen molar-refractivity contribution in [2.45, 2.75) is 51.0 Å². The Hall–Kier alpha value is -0.930. The summed E-state index contributed by atoms with van der Waals surface area (Å²) in [4.78, 5) is 4.66. The summed E-state index contributed by atoms with van der Waals surface area (Å²) in [6.45, 7) is 8.02.